The van der Waals surface area contributed by atoms with Crippen molar-refractivity contribution in [3.63, 3.8) is 0 Å². The van der Waals surface area contributed by atoms with Crippen LogP contribution >= 0.6 is 0 Å². The van der Waals surface area contributed by atoms with Crippen LogP contribution in [0.2, 0.25) is 0 Å². The van der Waals surface area contributed by atoms with E-state index in [0.717, 1.165) is 12.8 Å². The summed E-state index contributed by atoms with van der Waals surface area (Å²) in [6.07, 6.45) is 8.24. The third-order valence-corrected chi connectivity index (χ3v) is 6.29. The highest BCUT2D eigenvalue weighted by molar-refractivity contribution is 7.89. The molecule has 2 heterocycles. The van der Waals surface area contributed by atoms with E-state index < -0.39 is 10.0 Å². The maximum atomic E-state index is 12.5. The van der Waals surface area contributed by atoms with Gasteiger partial charge in [0.25, 0.3) is 0 Å². The van der Waals surface area contributed by atoms with Gasteiger partial charge in [-0.2, -0.15) is 4.31 Å². The molecule has 4 rings (SSSR count). The van der Waals surface area contributed by atoms with Gasteiger partial charge in [0.1, 0.15) is 0 Å². The molecule has 0 atom stereocenters. The first kappa shape index (κ1) is 15.5. The van der Waals surface area contributed by atoms with E-state index in [2.05, 4.69) is 16.3 Å². The molecule has 1 saturated carbocycles. The molecule has 24 heavy (non-hydrogen) atoms. The average molecular weight is 345 g/mol. The zero-order valence-electron chi connectivity index (χ0n) is 13.3. The third kappa shape index (κ3) is 3.14. The second-order valence-electron chi connectivity index (χ2n) is 6.28. The molecule has 0 N–H and O–H groups in total. The van der Waals surface area contributed by atoms with Gasteiger partial charge in [0.05, 0.1) is 4.90 Å². The van der Waals surface area contributed by atoms with Crippen molar-refractivity contribution in [1.29, 1.82) is 0 Å². The molecule has 0 amide bonds. The molecule has 2 aromatic rings. The fourth-order valence-electron chi connectivity index (χ4n) is 2.77. The minimum Gasteiger partial charge on any atom is -0.417 e. The largest absolute Gasteiger partial charge is 0.417 e. The van der Waals surface area contributed by atoms with Gasteiger partial charge in [0, 0.05) is 18.7 Å². The minimum absolute atomic E-state index is 0.307. The van der Waals surface area contributed by atoms with Crippen molar-refractivity contribution in [3.05, 3.63) is 36.2 Å². The lowest BCUT2D eigenvalue weighted by Gasteiger charge is -2.15. The third-order valence-electron chi connectivity index (χ3n) is 4.38. The van der Waals surface area contributed by atoms with Gasteiger partial charge in [-0.25, -0.2) is 8.42 Å². The Labute approximate surface area is 141 Å². The molecule has 1 aromatic heterocycles. The van der Waals surface area contributed by atoms with Crippen molar-refractivity contribution in [2.75, 3.05) is 13.1 Å². The highest BCUT2D eigenvalue weighted by Crippen LogP contribution is 2.31. The Morgan fingerprint density at radius 1 is 1.08 bits per heavy atom. The van der Waals surface area contributed by atoms with Gasteiger partial charge in [-0.05, 0) is 61.9 Å². The molecule has 0 radical (unpaired) electrons. The van der Waals surface area contributed by atoms with Gasteiger partial charge >= 0.3 is 0 Å². The fraction of sp³-hybridized carbons (Fsp3) is 0.412. The fourth-order valence-corrected chi connectivity index (χ4v) is 4.29. The van der Waals surface area contributed by atoms with Crippen LogP contribution in [0.25, 0.3) is 17.5 Å². The van der Waals surface area contributed by atoms with Crippen molar-refractivity contribution >= 4 is 16.1 Å². The molecular weight excluding hydrogens is 326 g/mol. The number of hydrogen-bond donors (Lipinski definition) is 0. The summed E-state index contributed by atoms with van der Waals surface area (Å²) in [4.78, 5) is 0.307. The number of allylic oxidation sites excluding steroid dienone is 1. The Balaban J connectivity index is 1.53. The van der Waals surface area contributed by atoms with Gasteiger partial charge in [-0.3, -0.25) is 0 Å². The standard InChI is InChI=1S/C17H19N3O3S/c21-24(22,20-11-1-2-12-20)15-8-6-14(7-9-15)17-19-18-16(23-17)10-5-13-3-4-13/h5-10,13H,1-4,11-12H2. The highest BCUT2D eigenvalue weighted by atomic mass is 32.2. The van der Waals surface area contributed by atoms with Crippen LogP contribution in [-0.2, 0) is 10.0 Å². The molecule has 0 bridgehead atoms. The molecular formula is C17H19N3O3S. The van der Waals surface area contributed by atoms with E-state index in [0.29, 0.717) is 41.2 Å². The summed E-state index contributed by atoms with van der Waals surface area (Å²) in [5.41, 5.74) is 0.717. The molecule has 2 aliphatic rings. The Hall–Kier alpha value is -1.99. The van der Waals surface area contributed by atoms with Crippen molar-refractivity contribution < 1.29 is 12.8 Å². The van der Waals surface area contributed by atoms with E-state index in [1.165, 1.54) is 17.1 Å². The van der Waals surface area contributed by atoms with Crippen molar-refractivity contribution in [2.45, 2.75) is 30.6 Å². The second kappa shape index (κ2) is 6.14. The van der Waals surface area contributed by atoms with E-state index in [1.54, 1.807) is 24.3 Å². The predicted molar refractivity (Wildman–Crippen MR) is 89.5 cm³/mol. The van der Waals surface area contributed by atoms with Crippen LogP contribution in [0.3, 0.4) is 0 Å². The number of benzene rings is 1. The van der Waals surface area contributed by atoms with Crippen LogP contribution in [0, 0.1) is 5.92 Å². The van der Waals surface area contributed by atoms with Gasteiger partial charge in [-0.15, -0.1) is 10.2 Å². The smallest absolute Gasteiger partial charge is 0.248 e. The van der Waals surface area contributed by atoms with Gasteiger partial charge in [0.15, 0.2) is 0 Å². The Morgan fingerprint density at radius 3 is 2.46 bits per heavy atom. The molecule has 7 heteroatoms. The quantitative estimate of drug-likeness (QED) is 0.833. The van der Waals surface area contributed by atoms with Crippen LogP contribution in [0.1, 0.15) is 31.6 Å². The number of hydrogen-bond acceptors (Lipinski definition) is 5. The predicted octanol–water partition coefficient (Wildman–Crippen LogP) is 2.94. The van der Waals surface area contributed by atoms with Crippen LogP contribution < -0.4 is 0 Å². The highest BCUT2D eigenvalue weighted by Gasteiger charge is 2.27. The Kier molecular flexibility index (Phi) is 3.97. The first-order valence-electron chi connectivity index (χ1n) is 8.25. The lowest BCUT2D eigenvalue weighted by molar-refractivity contribution is 0.477. The summed E-state index contributed by atoms with van der Waals surface area (Å²) in [6, 6.07) is 6.63. The SMILES string of the molecule is O=S(=O)(c1ccc(-c2nnc(C=CC3CC3)o2)cc1)N1CCCC1. The number of sulfonamides is 1. The zero-order valence-corrected chi connectivity index (χ0v) is 14.1. The zero-order chi connectivity index (χ0) is 16.6. The number of nitrogens with zero attached hydrogens (tertiary/aromatic N) is 3. The van der Waals surface area contributed by atoms with E-state index >= 15 is 0 Å². The topological polar surface area (TPSA) is 76.3 Å². The summed E-state index contributed by atoms with van der Waals surface area (Å²) in [6.45, 7) is 1.20. The van der Waals surface area contributed by atoms with E-state index in [9.17, 15) is 8.42 Å². The lowest BCUT2D eigenvalue weighted by atomic mass is 10.2. The maximum Gasteiger partial charge on any atom is 0.248 e. The number of aromatic nitrogens is 2. The molecule has 6 nitrogen and oxygen atoms in total. The number of rotatable bonds is 5. The van der Waals surface area contributed by atoms with Crippen molar-refractivity contribution in [1.82, 2.24) is 14.5 Å². The average Bonchev–Trinajstić information content (AvgIpc) is 3.07. The normalized spacial score (nSPS) is 19.3. The second-order valence-corrected chi connectivity index (χ2v) is 8.22. The van der Waals surface area contributed by atoms with Crippen LogP contribution in [0.5, 0.6) is 0 Å². The Morgan fingerprint density at radius 2 is 1.79 bits per heavy atom. The lowest BCUT2D eigenvalue weighted by Crippen LogP contribution is -2.27. The van der Waals surface area contributed by atoms with Crippen LogP contribution in [0.15, 0.2) is 39.7 Å². The molecule has 1 aromatic carbocycles. The molecule has 0 unspecified atom stereocenters. The van der Waals surface area contributed by atoms with Crippen LogP contribution in [0.4, 0.5) is 0 Å². The van der Waals surface area contributed by atoms with Crippen molar-refractivity contribution in [3.8, 4) is 11.5 Å². The van der Waals surface area contributed by atoms with Gasteiger partial charge < -0.3 is 4.42 Å². The van der Waals surface area contributed by atoms with Gasteiger partial charge in [0.2, 0.25) is 21.8 Å². The molecule has 1 aliphatic carbocycles. The molecule has 0 spiro atoms. The maximum absolute atomic E-state index is 12.5. The Bertz CT molecular complexity index is 845. The molecule has 1 saturated heterocycles. The summed E-state index contributed by atoms with van der Waals surface area (Å²) >= 11 is 0. The summed E-state index contributed by atoms with van der Waals surface area (Å²) < 4.78 is 32.2. The summed E-state index contributed by atoms with van der Waals surface area (Å²) in [5.74, 6) is 1.52. The van der Waals surface area contributed by atoms with E-state index in [1.807, 2.05) is 6.08 Å². The first-order valence-corrected chi connectivity index (χ1v) is 9.69. The molecule has 2 fully saturated rings. The minimum atomic E-state index is -3.39. The summed E-state index contributed by atoms with van der Waals surface area (Å²) in [5, 5.41) is 8.02. The van der Waals surface area contributed by atoms with E-state index in [-0.39, 0.29) is 0 Å². The van der Waals surface area contributed by atoms with E-state index in [4.69, 9.17) is 4.42 Å². The van der Waals surface area contributed by atoms with Crippen LogP contribution in [-0.4, -0.2) is 36.0 Å². The summed E-state index contributed by atoms with van der Waals surface area (Å²) in [7, 11) is -3.39. The molecule has 1 aliphatic heterocycles. The van der Waals surface area contributed by atoms with Gasteiger partial charge in [-0.1, -0.05) is 6.08 Å². The van der Waals surface area contributed by atoms with Crippen molar-refractivity contribution in [2.24, 2.45) is 5.92 Å². The first-order chi connectivity index (χ1) is 11.6. The monoisotopic (exact) mass is 345 g/mol. The molecule has 126 valence electrons.